The molecule has 122 valence electrons. The Balaban J connectivity index is 0.00000100. The fourth-order valence-electron chi connectivity index (χ4n) is 3.14. The molecule has 0 nitrogen and oxygen atoms in total. The van der Waals surface area contributed by atoms with E-state index >= 15 is 0 Å². The second-order valence-corrected chi connectivity index (χ2v) is 5.92. The average molecular weight is 314 g/mol. The van der Waals surface area contributed by atoms with Crippen LogP contribution in [-0.4, -0.2) is 0 Å². The molecule has 0 N–H and O–H groups in total. The second kappa shape index (κ2) is 8.31. The van der Waals surface area contributed by atoms with Gasteiger partial charge < -0.3 is 0 Å². The lowest BCUT2D eigenvalue weighted by atomic mass is 9.85. The summed E-state index contributed by atoms with van der Waals surface area (Å²) in [6.07, 6.45) is 11.9. The molecule has 0 amide bonds. The van der Waals surface area contributed by atoms with Crippen LogP contribution < -0.4 is 0 Å². The summed E-state index contributed by atoms with van der Waals surface area (Å²) in [5, 5.41) is 2.68. The molecule has 0 unspecified atom stereocenters. The van der Waals surface area contributed by atoms with Crippen molar-refractivity contribution >= 4 is 16.3 Å². The lowest BCUT2D eigenvalue weighted by molar-refractivity contribution is 1.23. The Bertz CT molecular complexity index is 841. The van der Waals surface area contributed by atoms with Gasteiger partial charge in [0, 0.05) is 0 Å². The van der Waals surface area contributed by atoms with Crippen LogP contribution in [0.25, 0.3) is 16.3 Å². The fraction of sp³-hybridized carbons (Fsp3) is 0.167. The van der Waals surface area contributed by atoms with Crippen molar-refractivity contribution in [2.75, 3.05) is 0 Å². The van der Waals surface area contributed by atoms with Crippen molar-refractivity contribution in [1.29, 1.82) is 0 Å². The summed E-state index contributed by atoms with van der Waals surface area (Å²) in [5.41, 5.74) is 6.95. The molecule has 0 aromatic heterocycles. The third-order valence-corrected chi connectivity index (χ3v) is 4.35. The van der Waals surface area contributed by atoms with Crippen molar-refractivity contribution in [3.63, 3.8) is 0 Å². The quantitative estimate of drug-likeness (QED) is 0.515. The Labute approximate surface area is 146 Å². The van der Waals surface area contributed by atoms with Crippen LogP contribution in [0.3, 0.4) is 0 Å². The van der Waals surface area contributed by atoms with Gasteiger partial charge in [-0.25, -0.2) is 0 Å². The van der Waals surface area contributed by atoms with Crippen LogP contribution in [0.2, 0.25) is 0 Å². The molecule has 0 bridgehead atoms. The van der Waals surface area contributed by atoms with Crippen molar-refractivity contribution < 1.29 is 0 Å². The SMILES string of the molecule is C/C=C\C=C1\C=CC(C)=C(c2c(C)ccc3ccccc23)C1.C=C. The zero-order chi connectivity index (χ0) is 17.5. The van der Waals surface area contributed by atoms with E-state index in [1.807, 2.05) is 0 Å². The third kappa shape index (κ3) is 3.65. The lowest BCUT2D eigenvalue weighted by Crippen LogP contribution is -1.98. The average Bonchev–Trinajstić information content (AvgIpc) is 2.63. The molecule has 0 saturated carbocycles. The molecule has 24 heavy (non-hydrogen) atoms. The van der Waals surface area contributed by atoms with Crippen molar-refractivity contribution in [3.05, 3.63) is 102 Å². The minimum Gasteiger partial charge on any atom is -0.106 e. The summed E-state index contributed by atoms with van der Waals surface area (Å²) in [6.45, 7) is 12.5. The number of hydrogen-bond acceptors (Lipinski definition) is 0. The van der Waals surface area contributed by atoms with Gasteiger partial charge in [-0.1, -0.05) is 66.8 Å². The van der Waals surface area contributed by atoms with Gasteiger partial charge in [-0.3, -0.25) is 0 Å². The number of hydrogen-bond donors (Lipinski definition) is 0. The Morgan fingerprint density at radius 3 is 2.46 bits per heavy atom. The summed E-state index contributed by atoms with van der Waals surface area (Å²) >= 11 is 0. The minimum atomic E-state index is 1.00. The Morgan fingerprint density at radius 1 is 0.958 bits per heavy atom. The first kappa shape index (κ1) is 17.7. The maximum atomic E-state index is 3.00. The van der Waals surface area contributed by atoms with Gasteiger partial charge in [0.15, 0.2) is 0 Å². The topological polar surface area (TPSA) is 0 Å². The van der Waals surface area contributed by atoms with Crippen molar-refractivity contribution in [1.82, 2.24) is 0 Å². The molecule has 0 atom stereocenters. The lowest BCUT2D eigenvalue weighted by Gasteiger charge is -2.20. The maximum absolute atomic E-state index is 3.00. The van der Waals surface area contributed by atoms with Gasteiger partial charge in [0.25, 0.3) is 0 Å². The molecule has 0 heteroatoms. The normalized spacial score (nSPS) is 15.9. The Hall–Kier alpha value is -2.60. The maximum Gasteiger partial charge on any atom is -0.00169 e. The fourth-order valence-corrected chi connectivity index (χ4v) is 3.14. The standard InChI is InChI=1S/C22H22.C2H4/c1-4-5-8-18-13-11-16(2)21(15-18)22-17(3)12-14-19-9-6-7-10-20(19)22;1-2/h4-14H,15H2,1-3H3;1-2H2/b5-4-,18-8-;. The van der Waals surface area contributed by atoms with Crippen molar-refractivity contribution in [2.24, 2.45) is 0 Å². The van der Waals surface area contributed by atoms with Gasteiger partial charge in [-0.15, -0.1) is 13.2 Å². The van der Waals surface area contributed by atoms with E-state index in [1.54, 1.807) is 0 Å². The zero-order valence-corrected chi connectivity index (χ0v) is 15.0. The highest BCUT2D eigenvalue weighted by molar-refractivity contribution is 5.97. The molecular formula is C24H26. The molecule has 1 aliphatic rings. The van der Waals surface area contributed by atoms with Gasteiger partial charge in [0.05, 0.1) is 0 Å². The van der Waals surface area contributed by atoms with Gasteiger partial charge >= 0.3 is 0 Å². The first-order valence-electron chi connectivity index (χ1n) is 8.39. The van der Waals surface area contributed by atoms with E-state index in [0.717, 1.165) is 6.42 Å². The number of rotatable bonds is 2. The van der Waals surface area contributed by atoms with Crippen molar-refractivity contribution in [3.8, 4) is 0 Å². The van der Waals surface area contributed by atoms with Crippen LogP contribution >= 0.6 is 0 Å². The summed E-state index contributed by atoms with van der Waals surface area (Å²) in [6, 6.07) is 13.1. The molecule has 0 aliphatic heterocycles. The van der Waals surface area contributed by atoms with Gasteiger partial charge in [-0.05, 0) is 65.8 Å². The molecule has 3 rings (SSSR count). The second-order valence-electron chi connectivity index (χ2n) is 5.92. The predicted octanol–water partition coefficient (Wildman–Crippen LogP) is 7.19. The molecule has 2 aromatic rings. The van der Waals surface area contributed by atoms with Crippen LogP contribution in [0, 0.1) is 6.92 Å². The molecular weight excluding hydrogens is 288 g/mol. The molecule has 0 heterocycles. The summed E-state index contributed by atoms with van der Waals surface area (Å²) in [5.74, 6) is 0. The largest absolute Gasteiger partial charge is 0.106 e. The minimum absolute atomic E-state index is 1.00. The van der Waals surface area contributed by atoms with E-state index in [4.69, 9.17) is 0 Å². The first-order valence-corrected chi connectivity index (χ1v) is 8.39. The summed E-state index contributed by atoms with van der Waals surface area (Å²) < 4.78 is 0. The van der Waals surface area contributed by atoms with Gasteiger partial charge in [0.1, 0.15) is 0 Å². The van der Waals surface area contributed by atoms with Crippen molar-refractivity contribution in [2.45, 2.75) is 27.2 Å². The molecule has 0 fully saturated rings. The third-order valence-electron chi connectivity index (χ3n) is 4.35. The number of allylic oxidation sites excluding steroid dienone is 8. The molecule has 0 saturated heterocycles. The number of aryl methyl sites for hydroxylation is 1. The van der Waals surface area contributed by atoms with Crippen LogP contribution in [0.15, 0.2) is 91.1 Å². The highest BCUT2D eigenvalue weighted by atomic mass is 14.2. The van der Waals surface area contributed by atoms with E-state index in [0.29, 0.717) is 0 Å². The first-order chi connectivity index (χ1) is 11.7. The molecule has 0 spiro atoms. The van der Waals surface area contributed by atoms with E-state index in [2.05, 4.69) is 101 Å². The number of fused-ring (bicyclic) bond motifs is 1. The summed E-state index contributed by atoms with van der Waals surface area (Å²) in [4.78, 5) is 0. The van der Waals surface area contributed by atoms with Crippen LogP contribution in [0.5, 0.6) is 0 Å². The van der Waals surface area contributed by atoms with Crippen LogP contribution in [0.1, 0.15) is 31.4 Å². The Kier molecular flexibility index (Phi) is 6.14. The monoisotopic (exact) mass is 314 g/mol. The Morgan fingerprint density at radius 2 is 1.71 bits per heavy atom. The van der Waals surface area contributed by atoms with Gasteiger partial charge in [0.2, 0.25) is 0 Å². The van der Waals surface area contributed by atoms with E-state index < -0.39 is 0 Å². The van der Waals surface area contributed by atoms with Crippen LogP contribution in [-0.2, 0) is 0 Å². The van der Waals surface area contributed by atoms with E-state index in [1.165, 1.54) is 38.6 Å². The van der Waals surface area contributed by atoms with Crippen LogP contribution in [0.4, 0.5) is 0 Å². The highest BCUT2D eigenvalue weighted by Gasteiger charge is 2.15. The molecule has 2 aromatic carbocycles. The molecule has 1 aliphatic carbocycles. The zero-order valence-electron chi connectivity index (χ0n) is 15.0. The summed E-state index contributed by atoms with van der Waals surface area (Å²) in [7, 11) is 0. The molecule has 0 radical (unpaired) electrons. The smallest absolute Gasteiger partial charge is 0.00169 e. The number of benzene rings is 2. The predicted molar refractivity (Wildman–Crippen MR) is 109 cm³/mol. The highest BCUT2D eigenvalue weighted by Crippen LogP contribution is 2.37. The van der Waals surface area contributed by atoms with Gasteiger partial charge in [-0.2, -0.15) is 0 Å². The van der Waals surface area contributed by atoms with E-state index in [9.17, 15) is 0 Å². The van der Waals surface area contributed by atoms with E-state index in [-0.39, 0.29) is 0 Å².